The lowest BCUT2D eigenvalue weighted by Gasteiger charge is -2.13. The lowest BCUT2D eigenvalue weighted by molar-refractivity contribution is 0.136. The van der Waals surface area contributed by atoms with Crippen molar-refractivity contribution in [3.8, 4) is 0 Å². The van der Waals surface area contributed by atoms with Crippen LogP contribution in [-0.2, 0) is 11.3 Å². The molecule has 2 rings (SSSR count). The van der Waals surface area contributed by atoms with Gasteiger partial charge in [-0.3, -0.25) is 4.79 Å². The number of H-pyrrole nitrogens is 1. The number of carbonyl (C=O) groups is 1. The second kappa shape index (κ2) is 6.56. The topological polar surface area (TPSA) is 71.2 Å². The number of benzene rings is 1. The normalized spacial score (nSPS) is 11.7. The first-order chi connectivity index (χ1) is 9.66. The van der Waals surface area contributed by atoms with Crippen LogP contribution in [-0.4, -0.2) is 11.1 Å². The zero-order chi connectivity index (χ0) is 14.4. The number of hydrogen-bond donors (Lipinski definition) is 2. The number of alkyl carbamates (subject to hydrolysis) is 1. The molecule has 20 heavy (non-hydrogen) atoms. The Balaban J connectivity index is 1.89. The van der Waals surface area contributed by atoms with Crippen molar-refractivity contribution in [3.63, 3.8) is 0 Å². The molecule has 0 fully saturated rings. The van der Waals surface area contributed by atoms with E-state index in [1.165, 1.54) is 0 Å². The first kappa shape index (κ1) is 13.9. The Kier molecular flexibility index (Phi) is 4.55. The van der Waals surface area contributed by atoms with E-state index >= 15 is 0 Å². The van der Waals surface area contributed by atoms with Gasteiger partial charge in [-0.25, -0.2) is 4.79 Å². The van der Waals surface area contributed by atoms with Gasteiger partial charge in [0.15, 0.2) is 0 Å². The smallest absolute Gasteiger partial charge is 0.407 e. The zero-order valence-electron chi connectivity index (χ0n) is 11.1. The number of nitrogens with one attached hydrogen (secondary N) is 2. The fourth-order valence-electron chi connectivity index (χ4n) is 1.79. The van der Waals surface area contributed by atoms with Crippen molar-refractivity contribution >= 4 is 6.09 Å². The first-order valence-electron chi connectivity index (χ1n) is 6.31. The third kappa shape index (κ3) is 3.71. The summed E-state index contributed by atoms with van der Waals surface area (Å²) in [7, 11) is 0. The highest BCUT2D eigenvalue weighted by molar-refractivity contribution is 5.67. The molecule has 0 saturated heterocycles. The molecule has 1 aromatic heterocycles. The van der Waals surface area contributed by atoms with E-state index in [0.29, 0.717) is 5.56 Å². The monoisotopic (exact) mass is 272 g/mol. The molecule has 1 amide bonds. The molecule has 1 heterocycles. The minimum Gasteiger partial charge on any atom is -0.445 e. The molecule has 0 bridgehead atoms. The minimum atomic E-state index is -0.551. The van der Waals surface area contributed by atoms with Crippen LogP contribution in [0.3, 0.4) is 0 Å². The van der Waals surface area contributed by atoms with Crippen LogP contribution in [0, 0.1) is 0 Å². The molecule has 0 saturated carbocycles. The maximum Gasteiger partial charge on any atom is 0.407 e. The van der Waals surface area contributed by atoms with Crippen LogP contribution in [0.4, 0.5) is 4.79 Å². The van der Waals surface area contributed by atoms with Crippen LogP contribution in [0.25, 0.3) is 0 Å². The van der Waals surface area contributed by atoms with Gasteiger partial charge in [0.25, 0.3) is 5.56 Å². The molecular formula is C15H16N2O3. The van der Waals surface area contributed by atoms with Gasteiger partial charge in [0.05, 0.1) is 6.04 Å². The summed E-state index contributed by atoms with van der Waals surface area (Å²) in [6, 6.07) is 12.4. The lowest BCUT2D eigenvalue weighted by atomic mass is 10.1. The van der Waals surface area contributed by atoms with Crippen molar-refractivity contribution in [1.82, 2.24) is 10.3 Å². The van der Waals surface area contributed by atoms with E-state index in [9.17, 15) is 9.59 Å². The summed E-state index contributed by atoms with van der Waals surface area (Å²) in [5, 5.41) is 2.63. The molecule has 0 spiro atoms. The number of hydrogen-bond acceptors (Lipinski definition) is 3. The molecule has 5 nitrogen and oxygen atoms in total. The SMILES string of the molecule is CC(NC(=O)OCc1ccccc1)c1ccc[nH]c1=O. The summed E-state index contributed by atoms with van der Waals surface area (Å²) < 4.78 is 5.10. The Labute approximate surface area is 116 Å². The number of amides is 1. The van der Waals surface area contributed by atoms with Crippen LogP contribution in [0.2, 0.25) is 0 Å². The Hall–Kier alpha value is -2.56. The first-order valence-corrected chi connectivity index (χ1v) is 6.31. The number of aromatic amines is 1. The summed E-state index contributed by atoms with van der Waals surface area (Å²) in [4.78, 5) is 25.8. The van der Waals surface area contributed by atoms with E-state index in [4.69, 9.17) is 4.74 Å². The lowest BCUT2D eigenvalue weighted by Crippen LogP contribution is -2.30. The van der Waals surface area contributed by atoms with Gasteiger partial charge in [-0.05, 0) is 18.6 Å². The van der Waals surface area contributed by atoms with Crippen LogP contribution in [0.15, 0.2) is 53.5 Å². The van der Waals surface area contributed by atoms with E-state index in [1.807, 2.05) is 30.3 Å². The molecule has 0 aliphatic carbocycles. The van der Waals surface area contributed by atoms with Crippen LogP contribution in [0.1, 0.15) is 24.1 Å². The third-order valence-corrected chi connectivity index (χ3v) is 2.86. The molecule has 1 aromatic carbocycles. The van der Waals surface area contributed by atoms with Crippen LogP contribution in [0.5, 0.6) is 0 Å². The molecule has 0 aliphatic rings. The fraction of sp³-hybridized carbons (Fsp3) is 0.200. The van der Waals surface area contributed by atoms with Crippen molar-refractivity contribution in [2.45, 2.75) is 19.6 Å². The summed E-state index contributed by atoms with van der Waals surface area (Å²) in [5.41, 5.74) is 1.18. The van der Waals surface area contributed by atoms with E-state index in [-0.39, 0.29) is 12.2 Å². The average Bonchev–Trinajstić information content (AvgIpc) is 2.46. The van der Waals surface area contributed by atoms with Crippen LogP contribution < -0.4 is 10.9 Å². The van der Waals surface area contributed by atoms with Gasteiger partial charge in [0.1, 0.15) is 6.61 Å². The van der Waals surface area contributed by atoms with E-state index in [2.05, 4.69) is 10.3 Å². The standard InChI is InChI=1S/C15H16N2O3/c1-11(13-8-5-9-16-14(13)18)17-15(19)20-10-12-6-3-2-4-7-12/h2-9,11H,10H2,1H3,(H,16,18)(H,17,19). The summed E-state index contributed by atoms with van der Waals surface area (Å²) in [5.74, 6) is 0. The number of carbonyl (C=O) groups excluding carboxylic acids is 1. The number of rotatable bonds is 4. The second-order valence-electron chi connectivity index (χ2n) is 4.38. The molecular weight excluding hydrogens is 256 g/mol. The Bertz CT molecular complexity index is 622. The van der Waals surface area contributed by atoms with Gasteiger partial charge in [-0.2, -0.15) is 0 Å². The van der Waals surface area contributed by atoms with Crippen molar-refractivity contribution in [2.24, 2.45) is 0 Å². The van der Waals surface area contributed by atoms with Crippen molar-refractivity contribution in [3.05, 3.63) is 70.1 Å². The second-order valence-corrected chi connectivity index (χ2v) is 4.38. The predicted molar refractivity (Wildman–Crippen MR) is 75.2 cm³/mol. The van der Waals surface area contributed by atoms with Crippen molar-refractivity contribution in [2.75, 3.05) is 0 Å². The molecule has 0 aliphatic heterocycles. The molecule has 1 unspecified atom stereocenters. The molecule has 104 valence electrons. The minimum absolute atomic E-state index is 0.199. The number of pyridine rings is 1. The number of aromatic nitrogens is 1. The molecule has 2 aromatic rings. The number of ether oxygens (including phenoxy) is 1. The van der Waals surface area contributed by atoms with Gasteiger partial charge in [-0.1, -0.05) is 36.4 Å². The highest BCUT2D eigenvalue weighted by Crippen LogP contribution is 2.07. The van der Waals surface area contributed by atoms with Gasteiger partial charge < -0.3 is 15.0 Å². The van der Waals surface area contributed by atoms with Crippen molar-refractivity contribution < 1.29 is 9.53 Å². The van der Waals surface area contributed by atoms with Gasteiger partial charge in [0, 0.05) is 11.8 Å². The van der Waals surface area contributed by atoms with E-state index in [1.54, 1.807) is 25.3 Å². The third-order valence-electron chi connectivity index (χ3n) is 2.86. The average molecular weight is 272 g/mol. The molecule has 5 heteroatoms. The molecule has 2 N–H and O–H groups in total. The largest absolute Gasteiger partial charge is 0.445 e. The highest BCUT2D eigenvalue weighted by Gasteiger charge is 2.13. The molecule has 0 radical (unpaired) electrons. The Morgan fingerprint density at radius 2 is 2.00 bits per heavy atom. The summed E-state index contributed by atoms with van der Waals surface area (Å²) in [6.07, 6.45) is 0.997. The fourth-order valence-corrected chi connectivity index (χ4v) is 1.79. The van der Waals surface area contributed by atoms with Crippen molar-refractivity contribution in [1.29, 1.82) is 0 Å². The Morgan fingerprint density at radius 1 is 1.25 bits per heavy atom. The maximum absolute atomic E-state index is 11.7. The quantitative estimate of drug-likeness (QED) is 0.897. The molecule has 1 atom stereocenters. The van der Waals surface area contributed by atoms with E-state index < -0.39 is 12.1 Å². The van der Waals surface area contributed by atoms with Gasteiger partial charge >= 0.3 is 6.09 Å². The predicted octanol–water partition coefficient (Wildman–Crippen LogP) is 2.36. The summed E-state index contributed by atoms with van der Waals surface area (Å²) >= 11 is 0. The van der Waals surface area contributed by atoms with E-state index in [0.717, 1.165) is 5.56 Å². The maximum atomic E-state index is 11.7. The van der Waals surface area contributed by atoms with Gasteiger partial charge in [-0.15, -0.1) is 0 Å². The van der Waals surface area contributed by atoms with Gasteiger partial charge in [0.2, 0.25) is 0 Å². The Morgan fingerprint density at radius 3 is 2.70 bits per heavy atom. The highest BCUT2D eigenvalue weighted by atomic mass is 16.5. The zero-order valence-corrected chi connectivity index (χ0v) is 11.1. The summed E-state index contributed by atoms with van der Waals surface area (Å²) in [6.45, 7) is 1.93. The van der Waals surface area contributed by atoms with Crippen LogP contribution >= 0.6 is 0 Å².